The number of hydrogen-bond donors (Lipinski definition) is 1. The summed E-state index contributed by atoms with van der Waals surface area (Å²) >= 11 is 0. The van der Waals surface area contributed by atoms with Gasteiger partial charge in [0.05, 0.1) is 26.4 Å². The molecule has 1 unspecified atom stereocenters. The van der Waals surface area contributed by atoms with E-state index in [1.807, 2.05) is 25.1 Å². The van der Waals surface area contributed by atoms with Gasteiger partial charge in [-0.1, -0.05) is 18.2 Å². The van der Waals surface area contributed by atoms with Crippen LogP contribution in [0.5, 0.6) is 5.75 Å². The number of ether oxygens (including phenoxy) is 3. The van der Waals surface area contributed by atoms with E-state index in [2.05, 4.69) is 11.4 Å². The van der Waals surface area contributed by atoms with Gasteiger partial charge in [0, 0.05) is 24.8 Å². The number of methoxy groups -OCH3 is 1. The summed E-state index contributed by atoms with van der Waals surface area (Å²) in [7, 11) is 1.70. The van der Waals surface area contributed by atoms with Crippen molar-refractivity contribution in [3.05, 3.63) is 29.8 Å². The van der Waals surface area contributed by atoms with Crippen LogP contribution in [0.15, 0.2) is 24.3 Å². The van der Waals surface area contributed by atoms with Crippen LogP contribution in [0.1, 0.15) is 31.4 Å². The molecule has 1 atom stereocenters. The topological polar surface area (TPSA) is 39.7 Å². The Hall–Kier alpha value is -1.10. The summed E-state index contributed by atoms with van der Waals surface area (Å²) in [5, 5.41) is 3.53. The number of hydrogen-bond acceptors (Lipinski definition) is 4. The zero-order valence-corrected chi connectivity index (χ0v) is 12.4. The molecule has 1 aliphatic carbocycles. The van der Waals surface area contributed by atoms with Crippen molar-refractivity contribution in [2.24, 2.45) is 0 Å². The smallest absolute Gasteiger partial charge is 0.124 e. The zero-order chi connectivity index (χ0) is 14.2. The standard InChI is InChI=1S/C16H25NO3/c1-3-19-10-11-20-16(12-17-13-8-9-13)14-6-4-5-7-15(14)18-2/h4-7,13,16-17H,3,8-12H2,1-2H3. The Morgan fingerprint density at radius 2 is 2.05 bits per heavy atom. The zero-order valence-electron chi connectivity index (χ0n) is 12.4. The SMILES string of the molecule is CCOCCOC(CNC1CC1)c1ccccc1OC. The Morgan fingerprint density at radius 3 is 2.75 bits per heavy atom. The molecule has 0 aromatic heterocycles. The molecule has 1 aromatic carbocycles. The van der Waals surface area contributed by atoms with Crippen LogP contribution in [0.25, 0.3) is 0 Å². The quantitative estimate of drug-likeness (QED) is 0.668. The largest absolute Gasteiger partial charge is 0.496 e. The predicted molar refractivity (Wildman–Crippen MR) is 79.2 cm³/mol. The summed E-state index contributed by atoms with van der Waals surface area (Å²) in [5.41, 5.74) is 1.10. The first-order valence-corrected chi connectivity index (χ1v) is 7.40. The third-order valence-electron chi connectivity index (χ3n) is 3.41. The lowest BCUT2D eigenvalue weighted by molar-refractivity contribution is 0.00582. The van der Waals surface area contributed by atoms with Crippen molar-refractivity contribution in [3.63, 3.8) is 0 Å². The lowest BCUT2D eigenvalue weighted by Gasteiger charge is -2.21. The van der Waals surface area contributed by atoms with Crippen molar-refractivity contribution in [2.45, 2.75) is 31.9 Å². The second kappa shape index (κ2) is 8.25. The molecule has 0 bridgehead atoms. The second-order valence-corrected chi connectivity index (χ2v) is 4.98. The molecule has 1 aliphatic rings. The molecule has 0 saturated heterocycles. The van der Waals surface area contributed by atoms with Gasteiger partial charge in [-0.15, -0.1) is 0 Å². The van der Waals surface area contributed by atoms with Crippen LogP contribution in [0.4, 0.5) is 0 Å². The molecule has 4 heteroatoms. The summed E-state index contributed by atoms with van der Waals surface area (Å²) < 4.78 is 16.8. The van der Waals surface area contributed by atoms with E-state index in [0.717, 1.165) is 24.5 Å². The fraction of sp³-hybridized carbons (Fsp3) is 0.625. The summed E-state index contributed by atoms with van der Waals surface area (Å²) in [5.74, 6) is 0.881. The first-order chi connectivity index (χ1) is 9.85. The Kier molecular flexibility index (Phi) is 6.30. The highest BCUT2D eigenvalue weighted by atomic mass is 16.5. The van der Waals surface area contributed by atoms with Gasteiger partial charge in [-0.25, -0.2) is 0 Å². The molecule has 4 nitrogen and oxygen atoms in total. The average Bonchev–Trinajstić information content (AvgIpc) is 3.31. The van der Waals surface area contributed by atoms with E-state index in [1.165, 1.54) is 12.8 Å². The normalized spacial score (nSPS) is 16.1. The van der Waals surface area contributed by atoms with Crippen LogP contribution in [0.3, 0.4) is 0 Å². The van der Waals surface area contributed by atoms with Crippen molar-refractivity contribution < 1.29 is 14.2 Å². The molecule has 0 spiro atoms. The average molecular weight is 279 g/mol. The van der Waals surface area contributed by atoms with Gasteiger partial charge in [-0.05, 0) is 25.8 Å². The van der Waals surface area contributed by atoms with E-state index in [4.69, 9.17) is 14.2 Å². The number of benzene rings is 1. The van der Waals surface area contributed by atoms with E-state index in [0.29, 0.717) is 19.3 Å². The highest BCUT2D eigenvalue weighted by molar-refractivity contribution is 5.35. The molecule has 1 aromatic rings. The first-order valence-electron chi connectivity index (χ1n) is 7.40. The molecule has 1 fully saturated rings. The van der Waals surface area contributed by atoms with Crippen LogP contribution in [-0.4, -0.2) is 39.5 Å². The van der Waals surface area contributed by atoms with Crippen LogP contribution >= 0.6 is 0 Å². The van der Waals surface area contributed by atoms with Gasteiger partial charge in [0.2, 0.25) is 0 Å². The van der Waals surface area contributed by atoms with E-state index in [9.17, 15) is 0 Å². The van der Waals surface area contributed by atoms with Crippen LogP contribution in [-0.2, 0) is 9.47 Å². The monoisotopic (exact) mass is 279 g/mol. The van der Waals surface area contributed by atoms with Gasteiger partial charge in [-0.3, -0.25) is 0 Å². The molecular formula is C16H25NO3. The Balaban J connectivity index is 1.95. The van der Waals surface area contributed by atoms with Gasteiger partial charge in [0.25, 0.3) is 0 Å². The maximum atomic E-state index is 5.98. The Morgan fingerprint density at radius 1 is 1.25 bits per heavy atom. The van der Waals surface area contributed by atoms with E-state index in [-0.39, 0.29) is 6.10 Å². The molecule has 2 rings (SSSR count). The third-order valence-corrected chi connectivity index (χ3v) is 3.41. The van der Waals surface area contributed by atoms with E-state index in [1.54, 1.807) is 7.11 Å². The van der Waals surface area contributed by atoms with Crippen molar-refractivity contribution >= 4 is 0 Å². The molecule has 0 heterocycles. The molecule has 112 valence electrons. The summed E-state index contributed by atoms with van der Waals surface area (Å²) in [6, 6.07) is 8.72. The second-order valence-electron chi connectivity index (χ2n) is 4.98. The summed E-state index contributed by atoms with van der Waals surface area (Å²) in [6.45, 7) is 4.76. The minimum absolute atomic E-state index is 0.00667. The Labute approximate surface area is 121 Å². The lowest BCUT2D eigenvalue weighted by Crippen LogP contribution is -2.26. The van der Waals surface area contributed by atoms with Crippen molar-refractivity contribution in [3.8, 4) is 5.75 Å². The fourth-order valence-electron chi connectivity index (χ4n) is 2.15. The van der Waals surface area contributed by atoms with E-state index < -0.39 is 0 Å². The molecular weight excluding hydrogens is 254 g/mol. The maximum absolute atomic E-state index is 5.98. The molecule has 1 saturated carbocycles. The highest BCUT2D eigenvalue weighted by Gasteiger charge is 2.24. The fourth-order valence-corrected chi connectivity index (χ4v) is 2.15. The van der Waals surface area contributed by atoms with Gasteiger partial charge >= 0.3 is 0 Å². The van der Waals surface area contributed by atoms with Crippen molar-refractivity contribution in [1.29, 1.82) is 0 Å². The molecule has 20 heavy (non-hydrogen) atoms. The number of nitrogens with one attached hydrogen (secondary N) is 1. The van der Waals surface area contributed by atoms with E-state index >= 15 is 0 Å². The van der Waals surface area contributed by atoms with Gasteiger partial charge < -0.3 is 19.5 Å². The highest BCUT2D eigenvalue weighted by Crippen LogP contribution is 2.28. The number of rotatable bonds is 10. The lowest BCUT2D eigenvalue weighted by atomic mass is 10.1. The van der Waals surface area contributed by atoms with Crippen LogP contribution in [0, 0.1) is 0 Å². The number of para-hydroxylation sites is 1. The van der Waals surface area contributed by atoms with Crippen LogP contribution < -0.4 is 10.1 Å². The van der Waals surface area contributed by atoms with Crippen molar-refractivity contribution in [1.82, 2.24) is 5.32 Å². The first kappa shape index (κ1) is 15.3. The molecule has 1 N–H and O–H groups in total. The van der Waals surface area contributed by atoms with Gasteiger partial charge in [0.15, 0.2) is 0 Å². The minimum atomic E-state index is 0.00667. The van der Waals surface area contributed by atoms with Gasteiger partial charge in [-0.2, -0.15) is 0 Å². The third kappa shape index (κ3) is 4.78. The summed E-state index contributed by atoms with van der Waals surface area (Å²) in [6.07, 6.45) is 2.56. The van der Waals surface area contributed by atoms with Crippen LogP contribution in [0.2, 0.25) is 0 Å². The van der Waals surface area contributed by atoms with Crippen molar-refractivity contribution in [2.75, 3.05) is 33.5 Å². The maximum Gasteiger partial charge on any atom is 0.124 e. The summed E-state index contributed by atoms with van der Waals surface area (Å²) in [4.78, 5) is 0. The molecule has 0 radical (unpaired) electrons. The predicted octanol–water partition coefficient (Wildman–Crippen LogP) is 2.54. The minimum Gasteiger partial charge on any atom is -0.496 e. The van der Waals surface area contributed by atoms with Gasteiger partial charge in [0.1, 0.15) is 5.75 Å². The Bertz CT molecular complexity index is 393. The molecule has 0 aliphatic heterocycles. The molecule has 0 amide bonds.